The molecule has 1 aliphatic heterocycles. The minimum absolute atomic E-state index is 0.00696. The van der Waals surface area contributed by atoms with Crippen molar-refractivity contribution < 1.29 is 4.79 Å². The fourth-order valence-corrected chi connectivity index (χ4v) is 3.62. The number of rotatable bonds is 6. The molecule has 2 amide bonds. The van der Waals surface area contributed by atoms with Crippen molar-refractivity contribution in [1.82, 2.24) is 25.0 Å². The van der Waals surface area contributed by atoms with E-state index >= 15 is 0 Å². The molecule has 24 heavy (non-hydrogen) atoms. The monoisotopic (exact) mass is 349 g/mol. The highest BCUT2D eigenvalue weighted by Crippen LogP contribution is 2.17. The molecule has 130 valence electrons. The molecule has 0 saturated carbocycles. The topological polar surface area (TPSA) is 81.0 Å². The summed E-state index contributed by atoms with van der Waals surface area (Å²) >= 11 is 1.62. The Balaban J connectivity index is 1.42. The van der Waals surface area contributed by atoms with E-state index in [-0.39, 0.29) is 17.8 Å². The largest absolute Gasteiger partial charge is 0.345 e. The SMILES string of the molecule is CC(NC(=O)NCCCn1nc2n(c1=O)CCCC2)c1cccs1. The Kier molecular flexibility index (Phi) is 5.34. The molecule has 3 heterocycles. The van der Waals surface area contributed by atoms with Crippen LogP contribution in [0.1, 0.15) is 42.9 Å². The molecule has 0 aromatic carbocycles. The maximum atomic E-state index is 12.2. The van der Waals surface area contributed by atoms with Crippen molar-refractivity contribution in [2.45, 2.75) is 51.7 Å². The lowest BCUT2D eigenvalue weighted by Crippen LogP contribution is -2.37. The van der Waals surface area contributed by atoms with Crippen molar-refractivity contribution >= 4 is 17.4 Å². The highest BCUT2D eigenvalue weighted by Gasteiger charge is 2.16. The molecule has 2 aromatic rings. The zero-order chi connectivity index (χ0) is 16.9. The lowest BCUT2D eigenvalue weighted by molar-refractivity contribution is 0.237. The molecular weight excluding hydrogens is 326 g/mol. The fraction of sp³-hybridized carbons (Fsp3) is 0.562. The van der Waals surface area contributed by atoms with Gasteiger partial charge in [-0.2, -0.15) is 5.10 Å². The normalized spacial score (nSPS) is 14.9. The fourth-order valence-electron chi connectivity index (χ4n) is 2.88. The third-order valence-corrected chi connectivity index (χ3v) is 5.24. The summed E-state index contributed by atoms with van der Waals surface area (Å²) in [7, 11) is 0. The summed E-state index contributed by atoms with van der Waals surface area (Å²) in [6, 6.07) is 3.78. The average Bonchev–Trinajstić information content (AvgIpc) is 3.21. The molecule has 0 fully saturated rings. The smallest absolute Gasteiger partial charge is 0.338 e. The highest BCUT2D eigenvalue weighted by molar-refractivity contribution is 7.10. The number of amides is 2. The summed E-state index contributed by atoms with van der Waals surface area (Å²) in [4.78, 5) is 25.2. The van der Waals surface area contributed by atoms with Crippen molar-refractivity contribution in [2.75, 3.05) is 6.54 Å². The Hall–Kier alpha value is -2.09. The second-order valence-corrected chi connectivity index (χ2v) is 7.00. The summed E-state index contributed by atoms with van der Waals surface area (Å²) in [6.07, 6.45) is 3.70. The predicted molar refractivity (Wildman–Crippen MR) is 93.3 cm³/mol. The van der Waals surface area contributed by atoms with Gasteiger partial charge in [0.05, 0.1) is 6.04 Å². The molecular formula is C16H23N5O2S. The molecule has 8 heteroatoms. The van der Waals surface area contributed by atoms with Gasteiger partial charge in [-0.3, -0.25) is 4.57 Å². The van der Waals surface area contributed by atoms with Crippen LogP contribution in [0.15, 0.2) is 22.3 Å². The van der Waals surface area contributed by atoms with E-state index in [1.54, 1.807) is 15.9 Å². The molecule has 0 saturated heterocycles. The van der Waals surface area contributed by atoms with Gasteiger partial charge in [0.1, 0.15) is 5.82 Å². The first-order valence-electron chi connectivity index (χ1n) is 8.39. The molecule has 0 bridgehead atoms. The number of nitrogens with one attached hydrogen (secondary N) is 2. The van der Waals surface area contributed by atoms with Gasteiger partial charge in [-0.1, -0.05) is 6.07 Å². The number of hydrogen-bond acceptors (Lipinski definition) is 4. The summed E-state index contributed by atoms with van der Waals surface area (Å²) < 4.78 is 3.29. The van der Waals surface area contributed by atoms with E-state index in [0.717, 1.165) is 36.5 Å². The second-order valence-electron chi connectivity index (χ2n) is 6.02. The van der Waals surface area contributed by atoms with E-state index in [1.165, 1.54) is 4.68 Å². The summed E-state index contributed by atoms with van der Waals surface area (Å²) in [5.41, 5.74) is -0.0273. The van der Waals surface area contributed by atoms with Gasteiger partial charge in [0.15, 0.2) is 0 Å². The average molecular weight is 349 g/mol. The molecule has 0 aliphatic carbocycles. The second kappa shape index (κ2) is 7.65. The van der Waals surface area contributed by atoms with E-state index in [1.807, 2.05) is 24.4 Å². The molecule has 2 aromatic heterocycles. The zero-order valence-electron chi connectivity index (χ0n) is 13.8. The van der Waals surface area contributed by atoms with Gasteiger partial charge in [0, 0.05) is 30.9 Å². The maximum absolute atomic E-state index is 12.2. The minimum Gasteiger partial charge on any atom is -0.338 e. The summed E-state index contributed by atoms with van der Waals surface area (Å²) in [5, 5.41) is 12.1. The molecule has 7 nitrogen and oxygen atoms in total. The number of nitrogens with zero attached hydrogens (tertiary/aromatic N) is 3. The van der Waals surface area contributed by atoms with Gasteiger partial charge in [0.25, 0.3) is 0 Å². The molecule has 0 radical (unpaired) electrons. The van der Waals surface area contributed by atoms with Crippen molar-refractivity contribution in [3.63, 3.8) is 0 Å². The van der Waals surface area contributed by atoms with Crippen LogP contribution in [-0.2, 0) is 19.5 Å². The van der Waals surface area contributed by atoms with Gasteiger partial charge in [-0.15, -0.1) is 11.3 Å². The number of thiophene rings is 1. The van der Waals surface area contributed by atoms with Crippen LogP contribution in [-0.4, -0.2) is 26.9 Å². The number of aryl methyl sites for hydroxylation is 2. The predicted octanol–water partition coefficient (Wildman–Crippen LogP) is 1.89. The third-order valence-electron chi connectivity index (χ3n) is 4.18. The molecule has 1 aliphatic rings. The molecule has 1 unspecified atom stereocenters. The van der Waals surface area contributed by atoms with Crippen LogP contribution in [0.5, 0.6) is 0 Å². The third kappa shape index (κ3) is 3.87. The van der Waals surface area contributed by atoms with Crippen LogP contribution in [0.25, 0.3) is 0 Å². The first kappa shape index (κ1) is 16.8. The lowest BCUT2D eigenvalue weighted by Gasteiger charge is -2.13. The number of urea groups is 1. The first-order valence-corrected chi connectivity index (χ1v) is 9.27. The summed E-state index contributed by atoms with van der Waals surface area (Å²) in [5.74, 6) is 0.890. The standard InChI is InChI=1S/C16H23N5O2S/c1-12(13-6-4-11-24-13)18-15(22)17-8-5-10-21-16(23)20-9-3-2-7-14(20)19-21/h4,6,11-12H,2-3,5,7-10H2,1H3,(H2,17,18,22). The highest BCUT2D eigenvalue weighted by atomic mass is 32.1. The van der Waals surface area contributed by atoms with Crippen molar-refractivity contribution in [1.29, 1.82) is 0 Å². The first-order chi connectivity index (χ1) is 11.6. The number of aromatic nitrogens is 3. The van der Waals surface area contributed by atoms with Crippen molar-refractivity contribution in [2.24, 2.45) is 0 Å². The number of carbonyl (C=O) groups excluding carboxylic acids is 1. The summed E-state index contributed by atoms with van der Waals surface area (Å²) in [6.45, 7) is 3.77. The molecule has 3 rings (SSSR count). The number of fused-ring (bicyclic) bond motifs is 1. The van der Waals surface area contributed by atoms with Gasteiger partial charge in [-0.05, 0) is 37.6 Å². The van der Waals surface area contributed by atoms with Gasteiger partial charge >= 0.3 is 11.7 Å². The van der Waals surface area contributed by atoms with E-state index in [4.69, 9.17) is 0 Å². The Morgan fingerprint density at radius 1 is 1.46 bits per heavy atom. The van der Waals surface area contributed by atoms with Gasteiger partial charge < -0.3 is 10.6 Å². The quantitative estimate of drug-likeness (QED) is 0.782. The number of carbonyl (C=O) groups is 1. The van der Waals surface area contributed by atoms with Crippen molar-refractivity contribution in [3.05, 3.63) is 38.7 Å². The van der Waals surface area contributed by atoms with E-state index in [2.05, 4.69) is 15.7 Å². The van der Waals surface area contributed by atoms with E-state index in [9.17, 15) is 9.59 Å². The maximum Gasteiger partial charge on any atom is 0.345 e. The van der Waals surface area contributed by atoms with Crippen LogP contribution in [0, 0.1) is 0 Å². The zero-order valence-corrected chi connectivity index (χ0v) is 14.6. The van der Waals surface area contributed by atoms with Crippen LogP contribution < -0.4 is 16.3 Å². The van der Waals surface area contributed by atoms with Crippen molar-refractivity contribution in [3.8, 4) is 0 Å². The number of hydrogen-bond donors (Lipinski definition) is 2. The van der Waals surface area contributed by atoms with Crippen LogP contribution >= 0.6 is 11.3 Å². The Morgan fingerprint density at radius 3 is 3.08 bits per heavy atom. The molecule has 0 spiro atoms. The Bertz CT molecular complexity index is 734. The Labute approximate surface area is 144 Å². The Morgan fingerprint density at radius 2 is 2.33 bits per heavy atom. The van der Waals surface area contributed by atoms with Crippen LogP contribution in [0.2, 0.25) is 0 Å². The minimum atomic E-state index is -0.188. The van der Waals surface area contributed by atoms with Crippen LogP contribution in [0.3, 0.4) is 0 Å². The van der Waals surface area contributed by atoms with Crippen LogP contribution in [0.4, 0.5) is 4.79 Å². The van der Waals surface area contributed by atoms with Gasteiger partial charge in [0.2, 0.25) is 0 Å². The lowest BCUT2D eigenvalue weighted by atomic mass is 10.2. The van der Waals surface area contributed by atoms with E-state index in [0.29, 0.717) is 19.5 Å². The molecule has 2 N–H and O–H groups in total. The molecule has 1 atom stereocenters. The van der Waals surface area contributed by atoms with E-state index < -0.39 is 0 Å². The van der Waals surface area contributed by atoms with Gasteiger partial charge in [-0.25, -0.2) is 14.3 Å².